The van der Waals surface area contributed by atoms with Crippen molar-refractivity contribution in [2.45, 2.75) is 71.6 Å². The Morgan fingerprint density at radius 1 is 1.11 bits per heavy atom. The number of benzene rings is 1. The van der Waals surface area contributed by atoms with Crippen molar-refractivity contribution in [2.75, 3.05) is 0 Å². The molecule has 0 saturated heterocycles. The Balaban J connectivity index is 2.02. The molecule has 0 bridgehead atoms. The maximum Gasteiger partial charge on any atom is 0.0616 e. The first-order chi connectivity index (χ1) is 12.6. The average molecular weight is 384 g/mol. The third-order valence-electron chi connectivity index (χ3n) is 5.51. The summed E-state index contributed by atoms with van der Waals surface area (Å²) in [6, 6.07) is 9.24. The Morgan fingerprint density at radius 3 is 2.11 bits per heavy atom. The number of nitrogens with one attached hydrogen (secondary N) is 1. The van der Waals surface area contributed by atoms with Gasteiger partial charge < -0.3 is 5.32 Å². The van der Waals surface area contributed by atoms with E-state index in [0.29, 0.717) is 17.2 Å². The smallest absolute Gasteiger partial charge is 0.0616 e. The van der Waals surface area contributed by atoms with Crippen LogP contribution in [0.5, 0.6) is 0 Å². The summed E-state index contributed by atoms with van der Waals surface area (Å²) in [6.45, 7) is 23.9. The maximum atomic E-state index is 4.37. The molecule has 27 heavy (non-hydrogen) atoms. The third kappa shape index (κ3) is 6.31. The minimum absolute atomic E-state index is 0.182. The van der Waals surface area contributed by atoms with Crippen LogP contribution in [-0.4, -0.2) is 11.3 Å². The molecular formula is C25H37NS. The van der Waals surface area contributed by atoms with Gasteiger partial charge in [-0.25, -0.2) is 0 Å². The predicted molar refractivity (Wildman–Crippen MR) is 123 cm³/mol. The molecule has 1 aromatic rings. The maximum absolute atomic E-state index is 4.37. The molecule has 148 valence electrons. The van der Waals surface area contributed by atoms with Gasteiger partial charge in [-0.05, 0) is 62.0 Å². The molecule has 0 saturated carbocycles. The summed E-state index contributed by atoms with van der Waals surface area (Å²) in [4.78, 5) is 0. The van der Waals surface area contributed by atoms with Crippen LogP contribution in [0.1, 0.15) is 58.6 Å². The number of hydrogen-bond donors (Lipinski definition) is 1. The molecule has 2 unspecified atom stereocenters. The number of hydrogen-bond acceptors (Lipinski definition) is 2. The third-order valence-corrected chi connectivity index (χ3v) is 6.95. The highest BCUT2D eigenvalue weighted by Gasteiger charge is 2.31. The molecule has 1 aliphatic carbocycles. The summed E-state index contributed by atoms with van der Waals surface area (Å²) in [6.07, 6.45) is 4.43. The number of allylic oxidation sites excluding steroid dienone is 1. The molecule has 0 spiro atoms. The standard InChI is InChI=1S/C25H37NS/c1-17(2)13-14-23(25(6,7)8)26-19(5)27-24(18(3)4)22-15-20-11-9-10-12-21(20)16-22/h9-12,22-24,26H,1,3,5,13-16H2,2,4,6-8H3. The zero-order chi connectivity index (χ0) is 20.2. The van der Waals surface area contributed by atoms with Gasteiger partial charge in [0.15, 0.2) is 0 Å². The minimum atomic E-state index is 0.182. The van der Waals surface area contributed by atoms with Crippen molar-refractivity contribution < 1.29 is 0 Å². The van der Waals surface area contributed by atoms with Gasteiger partial charge in [-0.1, -0.05) is 69.3 Å². The first-order valence-electron chi connectivity index (χ1n) is 10.1. The number of thioether (sulfide) groups is 1. The second-order valence-electron chi connectivity index (χ2n) is 9.30. The van der Waals surface area contributed by atoms with Gasteiger partial charge in [0.2, 0.25) is 0 Å². The van der Waals surface area contributed by atoms with Gasteiger partial charge in [-0.15, -0.1) is 18.3 Å². The summed E-state index contributed by atoms with van der Waals surface area (Å²) in [5.41, 5.74) is 5.67. The lowest BCUT2D eigenvalue weighted by atomic mass is 9.83. The van der Waals surface area contributed by atoms with Crippen LogP contribution in [0.3, 0.4) is 0 Å². The molecule has 1 nitrogen and oxygen atoms in total. The fourth-order valence-corrected chi connectivity index (χ4v) is 5.00. The van der Waals surface area contributed by atoms with Gasteiger partial charge in [0.25, 0.3) is 0 Å². The highest BCUT2D eigenvalue weighted by Crippen LogP contribution is 2.39. The average Bonchev–Trinajstić information content (AvgIpc) is 2.98. The van der Waals surface area contributed by atoms with Crippen LogP contribution < -0.4 is 5.32 Å². The fourth-order valence-electron chi connectivity index (χ4n) is 3.90. The summed E-state index contributed by atoms with van der Waals surface area (Å²) < 4.78 is 0. The second-order valence-corrected chi connectivity index (χ2v) is 10.5. The molecule has 1 aromatic carbocycles. The molecule has 0 aliphatic heterocycles. The largest absolute Gasteiger partial charge is 0.377 e. The van der Waals surface area contributed by atoms with E-state index < -0.39 is 0 Å². The number of rotatable bonds is 9. The van der Waals surface area contributed by atoms with Gasteiger partial charge in [-0.3, -0.25) is 0 Å². The topological polar surface area (TPSA) is 12.0 Å². The minimum Gasteiger partial charge on any atom is -0.377 e. The summed E-state index contributed by atoms with van der Waals surface area (Å²) in [5.74, 6) is 0.604. The Bertz CT molecular complexity index is 670. The highest BCUT2D eigenvalue weighted by atomic mass is 32.2. The molecule has 2 rings (SSSR count). The van der Waals surface area contributed by atoms with Crippen LogP contribution in [0.25, 0.3) is 0 Å². The van der Waals surface area contributed by atoms with Gasteiger partial charge in [0.1, 0.15) is 0 Å². The molecule has 2 atom stereocenters. The molecule has 2 heteroatoms. The van der Waals surface area contributed by atoms with Crippen molar-refractivity contribution >= 4 is 11.8 Å². The van der Waals surface area contributed by atoms with E-state index >= 15 is 0 Å². The summed E-state index contributed by atoms with van der Waals surface area (Å²) in [7, 11) is 0. The van der Waals surface area contributed by atoms with Crippen LogP contribution in [0.15, 0.2) is 60.2 Å². The van der Waals surface area contributed by atoms with E-state index in [2.05, 4.69) is 83.9 Å². The van der Waals surface area contributed by atoms with Crippen LogP contribution >= 0.6 is 11.8 Å². The molecule has 1 aliphatic rings. The van der Waals surface area contributed by atoms with Crippen LogP contribution in [0.4, 0.5) is 0 Å². The van der Waals surface area contributed by atoms with Crippen molar-refractivity contribution in [3.8, 4) is 0 Å². The monoisotopic (exact) mass is 383 g/mol. The molecule has 0 radical (unpaired) electrons. The zero-order valence-electron chi connectivity index (χ0n) is 17.9. The quantitative estimate of drug-likeness (QED) is 0.465. The van der Waals surface area contributed by atoms with Crippen molar-refractivity contribution in [1.82, 2.24) is 5.32 Å². The highest BCUT2D eigenvalue weighted by molar-refractivity contribution is 8.03. The van der Waals surface area contributed by atoms with E-state index in [1.54, 1.807) is 0 Å². The lowest BCUT2D eigenvalue weighted by molar-refractivity contribution is 0.274. The lowest BCUT2D eigenvalue weighted by Gasteiger charge is -2.34. The first-order valence-corrected chi connectivity index (χ1v) is 10.9. The van der Waals surface area contributed by atoms with Crippen LogP contribution in [-0.2, 0) is 12.8 Å². The molecular weight excluding hydrogens is 346 g/mol. The Hall–Kier alpha value is -1.41. The van der Waals surface area contributed by atoms with Gasteiger partial charge >= 0.3 is 0 Å². The Kier molecular flexibility index (Phi) is 7.45. The van der Waals surface area contributed by atoms with Crippen molar-refractivity contribution in [2.24, 2.45) is 11.3 Å². The first kappa shape index (κ1) is 21.9. The van der Waals surface area contributed by atoms with Crippen LogP contribution in [0, 0.1) is 11.3 Å². The number of fused-ring (bicyclic) bond motifs is 1. The lowest BCUT2D eigenvalue weighted by Crippen LogP contribution is -2.39. The van der Waals surface area contributed by atoms with Crippen LogP contribution in [0.2, 0.25) is 0 Å². The SMILES string of the molecule is C=C(C)CCC(NC(=C)SC(C(=C)C)C1Cc2ccccc2C1)C(C)(C)C. The molecule has 0 aromatic heterocycles. The Labute approximate surface area is 171 Å². The fraction of sp³-hybridized carbons (Fsp3) is 0.520. The molecule has 1 N–H and O–H groups in total. The van der Waals surface area contributed by atoms with E-state index in [9.17, 15) is 0 Å². The van der Waals surface area contributed by atoms with E-state index in [0.717, 1.165) is 30.7 Å². The normalized spacial score (nSPS) is 16.5. The molecule has 0 heterocycles. The second kappa shape index (κ2) is 9.19. The van der Waals surface area contributed by atoms with E-state index in [4.69, 9.17) is 0 Å². The van der Waals surface area contributed by atoms with Crippen molar-refractivity contribution in [3.05, 3.63) is 71.3 Å². The van der Waals surface area contributed by atoms with Gasteiger partial charge in [0, 0.05) is 11.3 Å². The Morgan fingerprint density at radius 2 is 1.67 bits per heavy atom. The molecule has 0 fully saturated rings. The zero-order valence-corrected chi connectivity index (χ0v) is 18.7. The van der Waals surface area contributed by atoms with Gasteiger partial charge in [0.05, 0.1) is 5.03 Å². The molecule has 0 amide bonds. The van der Waals surface area contributed by atoms with Crippen molar-refractivity contribution in [1.29, 1.82) is 0 Å². The van der Waals surface area contributed by atoms with Crippen molar-refractivity contribution in [3.63, 3.8) is 0 Å². The summed E-state index contributed by atoms with van der Waals surface area (Å²) >= 11 is 1.87. The van der Waals surface area contributed by atoms with E-state index in [-0.39, 0.29) is 5.41 Å². The van der Waals surface area contributed by atoms with E-state index in [1.165, 1.54) is 22.3 Å². The summed E-state index contributed by atoms with van der Waals surface area (Å²) in [5, 5.41) is 5.20. The predicted octanol–water partition coefficient (Wildman–Crippen LogP) is 6.91. The van der Waals surface area contributed by atoms with Gasteiger partial charge in [-0.2, -0.15) is 0 Å². The van der Waals surface area contributed by atoms with E-state index in [1.807, 2.05) is 11.8 Å².